The van der Waals surface area contributed by atoms with Crippen molar-refractivity contribution in [3.63, 3.8) is 0 Å². The molecular formula is C10H10ClN5O2. The van der Waals surface area contributed by atoms with E-state index in [1.54, 1.807) is 19.2 Å². The number of H-pyrrole nitrogens is 1. The minimum absolute atomic E-state index is 0.135. The Bertz CT molecular complexity index is 646. The van der Waals surface area contributed by atoms with E-state index in [4.69, 9.17) is 11.6 Å². The lowest BCUT2D eigenvalue weighted by Crippen LogP contribution is -2.15. The van der Waals surface area contributed by atoms with E-state index in [0.717, 1.165) is 0 Å². The Morgan fingerprint density at radius 2 is 2.39 bits per heavy atom. The van der Waals surface area contributed by atoms with Crippen LogP contribution in [0.3, 0.4) is 0 Å². The third-order valence-electron chi connectivity index (χ3n) is 2.15. The maximum Gasteiger partial charge on any atom is 0.227 e. The summed E-state index contributed by atoms with van der Waals surface area (Å²) < 4.78 is 1.35. The molecule has 2 aromatic rings. The molecule has 0 spiro atoms. The number of oxime groups is 1. The third kappa shape index (κ3) is 2.40. The van der Waals surface area contributed by atoms with Crippen molar-refractivity contribution in [1.29, 1.82) is 0 Å². The molecule has 7 nitrogen and oxygen atoms in total. The number of aromatic amines is 1. The van der Waals surface area contributed by atoms with Gasteiger partial charge in [-0.05, 0) is 13.0 Å². The Kier molecular flexibility index (Phi) is 3.42. The Hall–Kier alpha value is -2.15. The van der Waals surface area contributed by atoms with E-state index < -0.39 is 0 Å². The van der Waals surface area contributed by atoms with E-state index in [1.165, 1.54) is 17.9 Å². The number of aromatic nitrogens is 4. The van der Waals surface area contributed by atoms with Gasteiger partial charge in [-0.15, -0.1) is 0 Å². The molecule has 8 heteroatoms. The summed E-state index contributed by atoms with van der Waals surface area (Å²) in [5, 5.41) is 14.4. The Balaban J connectivity index is 2.41. The van der Waals surface area contributed by atoms with Gasteiger partial charge in [0, 0.05) is 12.3 Å². The maximum atomic E-state index is 11.7. The first kappa shape index (κ1) is 12.3. The molecule has 2 rings (SSSR count). The highest BCUT2D eigenvalue weighted by atomic mass is 35.5. The van der Waals surface area contributed by atoms with Crippen molar-refractivity contribution in [3.05, 3.63) is 39.4 Å². The van der Waals surface area contributed by atoms with Crippen LogP contribution < -0.4 is 5.43 Å². The molecule has 0 saturated heterocycles. The summed E-state index contributed by atoms with van der Waals surface area (Å²) in [4.78, 5) is 16.3. The highest BCUT2D eigenvalue weighted by molar-refractivity contribution is 6.29. The second-order valence-corrected chi connectivity index (χ2v) is 3.82. The van der Waals surface area contributed by atoms with Crippen molar-refractivity contribution in [2.24, 2.45) is 5.16 Å². The molecule has 94 valence electrons. The molecule has 0 aliphatic carbocycles. The zero-order valence-corrected chi connectivity index (χ0v) is 10.5. The fourth-order valence-corrected chi connectivity index (χ4v) is 1.50. The van der Waals surface area contributed by atoms with Crippen LogP contribution in [0.4, 0.5) is 0 Å². The van der Waals surface area contributed by atoms with E-state index in [-0.39, 0.29) is 16.4 Å². The fraction of sp³-hybridized carbons (Fsp3) is 0.200. The molecule has 18 heavy (non-hydrogen) atoms. The largest absolute Gasteiger partial charge is 0.399 e. The normalized spacial score (nSPS) is 11.6. The van der Waals surface area contributed by atoms with Gasteiger partial charge in [0.25, 0.3) is 0 Å². The second-order valence-electron chi connectivity index (χ2n) is 3.41. The van der Waals surface area contributed by atoms with Crippen LogP contribution in [0.25, 0.3) is 5.82 Å². The lowest BCUT2D eigenvalue weighted by molar-refractivity contribution is 0.213. The number of halogens is 1. The summed E-state index contributed by atoms with van der Waals surface area (Å²) >= 11 is 5.62. The van der Waals surface area contributed by atoms with Crippen LogP contribution in [-0.4, -0.2) is 32.8 Å². The van der Waals surface area contributed by atoms with Crippen LogP contribution in [0, 0.1) is 0 Å². The lowest BCUT2D eigenvalue weighted by Gasteiger charge is -1.98. The SMILES string of the molecule is CO/N=C(\C)c1ccn(-c2n[nH]c(Cl)cc2=O)n1. The molecule has 0 aromatic carbocycles. The van der Waals surface area contributed by atoms with E-state index in [2.05, 4.69) is 25.3 Å². The summed E-state index contributed by atoms with van der Waals surface area (Å²) in [6, 6.07) is 2.94. The zero-order chi connectivity index (χ0) is 13.1. The Morgan fingerprint density at radius 1 is 1.61 bits per heavy atom. The average molecular weight is 268 g/mol. The van der Waals surface area contributed by atoms with Crippen LogP contribution in [0.2, 0.25) is 5.15 Å². The zero-order valence-electron chi connectivity index (χ0n) is 9.72. The monoisotopic (exact) mass is 267 g/mol. The molecule has 1 N–H and O–H groups in total. The van der Waals surface area contributed by atoms with Crippen molar-refractivity contribution in [3.8, 4) is 5.82 Å². The fourth-order valence-electron chi connectivity index (χ4n) is 1.36. The van der Waals surface area contributed by atoms with Crippen molar-refractivity contribution in [2.75, 3.05) is 7.11 Å². The van der Waals surface area contributed by atoms with Gasteiger partial charge in [0.1, 0.15) is 23.7 Å². The van der Waals surface area contributed by atoms with Crippen molar-refractivity contribution in [2.45, 2.75) is 6.92 Å². The molecule has 0 atom stereocenters. The van der Waals surface area contributed by atoms with Gasteiger partial charge in [-0.1, -0.05) is 16.8 Å². The molecule has 2 aromatic heterocycles. The molecule has 0 bridgehead atoms. The van der Waals surface area contributed by atoms with Gasteiger partial charge in [0.15, 0.2) is 0 Å². The van der Waals surface area contributed by atoms with E-state index in [1.807, 2.05) is 0 Å². The van der Waals surface area contributed by atoms with Crippen LogP contribution in [0.15, 0.2) is 28.3 Å². The summed E-state index contributed by atoms with van der Waals surface area (Å²) in [6.45, 7) is 1.75. The number of hydrogen-bond donors (Lipinski definition) is 1. The van der Waals surface area contributed by atoms with Crippen molar-refractivity contribution in [1.82, 2.24) is 20.0 Å². The molecule has 0 fully saturated rings. The topological polar surface area (TPSA) is 85.2 Å². The number of nitrogens with zero attached hydrogens (tertiary/aromatic N) is 4. The van der Waals surface area contributed by atoms with Crippen LogP contribution in [0.5, 0.6) is 0 Å². The third-order valence-corrected chi connectivity index (χ3v) is 2.35. The molecule has 0 unspecified atom stereocenters. The molecule has 0 aliphatic heterocycles. The van der Waals surface area contributed by atoms with Gasteiger partial charge in [-0.25, -0.2) is 4.68 Å². The quantitative estimate of drug-likeness (QED) is 0.663. The van der Waals surface area contributed by atoms with Gasteiger partial charge < -0.3 is 4.84 Å². The van der Waals surface area contributed by atoms with Crippen LogP contribution >= 0.6 is 11.6 Å². The molecule has 0 saturated carbocycles. The van der Waals surface area contributed by atoms with E-state index >= 15 is 0 Å². The van der Waals surface area contributed by atoms with E-state index in [9.17, 15) is 4.79 Å². The first-order chi connectivity index (χ1) is 8.61. The second kappa shape index (κ2) is 5.01. The minimum atomic E-state index is -0.324. The molecule has 0 aliphatic rings. The van der Waals surface area contributed by atoms with Crippen molar-refractivity contribution < 1.29 is 4.84 Å². The maximum absolute atomic E-state index is 11.7. The highest BCUT2D eigenvalue weighted by Crippen LogP contribution is 2.03. The van der Waals surface area contributed by atoms with Crippen LogP contribution in [0.1, 0.15) is 12.6 Å². The average Bonchev–Trinajstić information content (AvgIpc) is 2.78. The van der Waals surface area contributed by atoms with Gasteiger partial charge in [0.05, 0.1) is 0 Å². The molecule has 0 radical (unpaired) electrons. The summed E-state index contributed by atoms with van der Waals surface area (Å²) in [6.07, 6.45) is 1.61. The predicted octanol–water partition coefficient (Wildman–Crippen LogP) is 0.979. The summed E-state index contributed by atoms with van der Waals surface area (Å²) in [5.74, 6) is 0.135. The molecular weight excluding hydrogens is 258 g/mol. The first-order valence-electron chi connectivity index (χ1n) is 5.01. The number of rotatable bonds is 3. The molecule has 2 heterocycles. The van der Waals surface area contributed by atoms with Gasteiger partial charge in [-0.2, -0.15) is 10.2 Å². The van der Waals surface area contributed by atoms with Gasteiger partial charge in [0.2, 0.25) is 11.2 Å². The minimum Gasteiger partial charge on any atom is -0.399 e. The first-order valence-corrected chi connectivity index (χ1v) is 5.39. The molecule has 0 amide bonds. The van der Waals surface area contributed by atoms with Gasteiger partial charge >= 0.3 is 0 Å². The predicted molar refractivity (Wildman–Crippen MR) is 66.2 cm³/mol. The van der Waals surface area contributed by atoms with Gasteiger partial charge in [-0.3, -0.25) is 9.89 Å². The highest BCUT2D eigenvalue weighted by Gasteiger charge is 2.09. The Morgan fingerprint density at radius 3 is 3.06 bits per heavy atom. The Labute approximate surface area is 107 Å². The number of hydrogen-bond acceptors (Lipinski definition) is 5. The lowest BCUT2D eigenvalue weighted by atomic mass is 10.3. The van der Waals surface area contributed by atoms with Crippen LogP contribution in [-0.2, 0) is 4.84 Å². The summed E-state index contributed by atoms with van der Waals surface area (Å²) in [5.41, 5.74) is 0.865. The number of nitrogens with one attached hydrogen (secondary N) is 1. The van der Waals surface area contributed by atoms with E-state index in [0.29, 0.717) is 11.4 Å². The van der Waals surface area contributed by atoms with Crippen molar-refractivity contribution >= 4 is 17.3 Å². The summed E-state index contributed by atoms with van der Waals surface area (Å²) in [7, 11) is 1.45. The smallest absolute Gasteiger partial charge is 0.227 e. The standard InChI is InChI=1S/C10H10ClN5O2/c1-6(15-18-2)7-3-4-16(14-7)10-8(17)5-9(11)12-13-10/h3-5H,1-2H3,(H,12,17)/b15-6+.